The van der Waals surface area contributed by atoms with Gasteiger partial charge in [0.25, 0.3) is 0 Å². The lowest BCUT2D eigenvalue weighted by Gasteiger charge is -2.14. The third kappa shape index (κ3) is 2.66. The van der Waals surface area contributed by atoms with E-state index < -0.39 is 11.6 Å². The highest BCUT2D eigenvalue weighted by atomic mass is 19.1. The Balaban J connectivity index is 1.70. The molecule has 2 aromatic carbocycles. The van der Waals surface area contributed by atoms with Gasteiger partial charge in [-0.2, -0.15) is 0 Å². The van der Waals surface area contributed by atoms with Crippen LogP contribution in [0.1, 0.15) is 29.2 Å². The van der Waals surface area contributed by atoms with Crippen molar-refractivity contribution in [2.24, 2.45) is 0 Å². The van der Waals surface area contributed by atoms with Gasteiger partial charge >= 0.3 is 0 Å². The van der Waals surface area contributed by atoms with E-state index in [2.05, 4.69) is 17.4 Å². The first-order valence-corrected chi connectivity index (χ1v) is 6.48. The lowest BCUT2D eigenvalue weighted by atomic mass is 10.1. The molecule has 0 aromatic heterocycles. The predicted molar refractivity (Wildman–Crippen MR) is 70.7 cm³/mol. The molecule has 1 nitrogen and oxygen atoms in total. The Kier molecular flexibility index (Phi) is 3.30. The molecule has 3 heteroatoms. The third-order valence-corrected chi connectivity index (χ3v) is 3.61. The molecule has 19 heavy (non-hydrogen) atoms. The Morgan fingerprint density at radius 3 is 2.58 bits per heavy atom. The van der Waals surface area contributed by atoms with Crippen LogP contribution in [0.5, 0.6) is 0 Å². The highest BCUT2D eigenvalue weighted by molar-refractivity contribution is 5.34. The molecule has 2 aromatic rings. The standard InChI is InChI=1S/C16H15F2N/c17-13-7-11(8-14(18)9-13)10-19-16-6-5-12-3-1-2-4-15(12)16/h1-4,7-9,16,19H,5-6,10H2. The minimum absolute atomic E-state index is 0.280. The van der Waals surface area contributed by atoms with Gasteiger partial charge < -0.3 is 5.32 Å². The van der Waals surface area contributed by atoms with Crippen molar-refractivity contribution in [2.75, 3.05) is 0 Å². The van der Waals surface area contributed by atoms with Gasteiger partial charge in [0.1, 0.15) is 11.6 Å². The van der Waals surface area contributed by atoms with Crippen molar-refractivity contribution in [1.82, 2.24) is 5.32 Å². The van der Waals surface area contributed by atoms with Crippen molar-refractivity contribution in [1.29, 1.82) is 0 Å². The van der Waals surface area contributed by atoms with E-state index in [1.165, 1.54) is 23.3 Å². The Morgan fingerprint density at radius 2 is 1.79 bits per heavy atom. The number of fused-ring (bicyclic) bond motifs is 1. The van der Waals surface area contributed by atoms with Crippen LogP contribution in [-0.4, -0.2) is 0 Å². The molecule has 3 rings (SSSR count). The summed E-state index contributed by atoms with van der Waals surface area (Å²) in [6.07, 6.45) is 2.10. The van der Waals surface area contributed by atoms with E-state index in [0.29, 0.717) is 12.1 Å². The molecule has 1 N–H and O–H groups in total. The molecule has 1 aliphatic rings. The van der Waals surface area contributed by atoms with Crippen molar-refractivity contribution >= 4 is 0 Å². The first-order chi connectivity index (χ1) is 9.22. The van der Waals surface area contributed by atoms with Crippen LogP contribution in [0.2, 0.25) is 0 Å². The molecule has 0 saturated carbocycles. The molecule has 0 spiro atoms. The van der Waals surface area contributed by atoms with Crippen molar-refractivity contribution in [3.8, 4) is 0 Å². The maximum Gasteiger partial charge on any atom is 0.126 e. The number of halogens is 2. The average Bonchev–Trinajstić information content (AvgIpc) is 2.78. The summed E-state index contributed by atoms with van der Waals surface area (Å²) < 4.78 is 26.2. The third-order valence-electron chi connectivity index (χ3n) is 3.61. The minimum atomic E-state index is -0.524. The molecule has 1 unspecified atom stereocenters. The fourth-order valence-corrected chi connectivity index (χ4v) is 2.72. The van der Waals surface area contributed by atoms with Crippen LogP contribution in [0.4, 0.5) is 8.78 Å². The van der Waals surface area contributed by atoms with Crippen molar-refractivity contribution < 1.29 is 8.78 Å². The van der Waals surface area contributed by atoms with E-state index >= 15 is 0 Å². The molecule has 0 heterocycles. The number of nitrogens with one attached hydrogen (secondary N) is 1. The Labute approximate surface area is 111 Å². The topological polar surface area (TPSA) is 12.0 Å². The van der Waals surface area contributed by atoms with Crippen LogP contribution in [0.25, 0.3) is 0 Å². The average molecular weight is 259 g/mol. The molecule has 0 aliphatic heterocycles. The Hall–Kier alpha value is -1.74. The van der Waals surface area contributed by atoms with Gasteiger partial charge in [0.2, 0.25) is 0 Å². The molecule has 1 atom stereocenters. The lowest BCUT2D eigenvalue weighted by Crippen LogP contribution is -2.18. The van der Waals surface area contributed by atoms with E-state index in [0.717, 1.165) is 18.9 Å². The fraction of sp³-hybridized carbons (Fsp3) is 0.250. The zero-order valence-corrected chi connectivity index (χ0v) is 10.5. The van der Waals surface area contributed by atoms with Crippen molar-refractivity contribution in [3.05, 3.63) is 70.8 Å². The highest BCUT2D eigenvalue weighted by Crippen LogP contribution is 2.30. The summed E-state index contributed by atoms with van der Waals surface area (Å²) in [6, 6.07) is 12.2. The second-order valence-electron chi connectivity index (χ2n) is 4.95. The van der Waals surface area contributed by atoms with Gasteiger partial charge in [-0.1, -0.05) is 24.3 Å². The van der Waals surface area contributed by atoms with Crippen LogP contribution >= 0.6 is 0 Å². The predicted octanol–water partition coefficient (Wildman–Crippen LogP) is 3.74. The normalized spacial score (nSPS) is 17.5. The maximum absolute atomic E-state index is 13.1. The summed E-state index contributed by atoms with van der Waals surface area (Å²) in [5, 5.41) is 3.38. The van der Waals surface area contributed by atoms with Crippen LogP contribution in [0.15, 0.2) is 42.5 Å². The Morgan fingerprint density at radius 1 is 1.05 bits per heavy atom. The molecule has 1 aliphatic carbocycles. The molecule has 0 radical (unpaired) electrons. The van der Waals surface area contributed by atoms with E-state index in [-0.39, 0.29) is 6.04 Å². The molecule has 0 bridgehead atoms. The van der Waals surface area contributed by atoms with E-state index in [4.69, 9.17) is 0 Å². The molecular formula is C16H15F2N. The van der Waals surface area contributed by atoms with E-state index in [9.17, 15) is 8.78 Å². The minimum Gasteiger partial charge on any atom is -0.306 e. The molecule has 0 fully saturated rings. The SMILES string of the molecule is Fc1cc(F)cc(CNC2CCc3ccccc32)c1. The summed E-state index contributed by atoms with van der Waals surface area (Å²) in [6.45, 7) is 0.480. The monoisotopic (exact) mass is 259 g/mol. The fourth-order valence-electron chi connectivity index (χ4n) is 2.72. The number of hydrogen-bond acceptors (Lipinski definition) is 1. The first kappa shape index (κ1) is 12.3. The highest BCUT2D eigenvalue weighted by Gasteiger charge is 2.21. The summed E-state index contributed by atoms with van der Waals surface area (Å²) in [5.74, 6) is -1.05. The van der Waals surface area contributed by atoms with Gasteiger partial charge in [0, 0.05) is 18.7 Å². The molecule has 0 saturated heterocycles. The van der Waals surface area contributed by atoms with Crippen LogP contribution in [-0.2, 0) is 13.0 Å². The van der Waals surface area contributed by atoms with Crippen LogP contribution < -0.4 is 5.32 Å². The Bertz CT molecular complexity index is 575. The molecule has 98 valence electrons. The van der Waals surface area contributed by atoms with E-state index in [1.54, 1.807) is 0 Å². The largest absolute Gasteiger partial charge is 0.306 e. The van der Waals surface area contributed by atoms with Crippen molar-refractivity contribution in [2.45, 2.75) is 25.4 Å². The summed E-state index contributed by atoms with van der Waals surface area (Å²) in [4.78, 5) is 0. The second kappa shape index (κ2) is 5.10. The lowest BCUT2D eigenvalue weighted by molar-refractivity contribution is 0.523. The number of aryl methyl sites for hydroxylation is 1. The van der Waals surface area contributed by atoms with Crippen molar-refractivity contribution in [3.63, 3.8) is 0 Å². The van der Waals surface area contributed by atoms with Crippen LogP contribution in [0.3, 0.4) is 0 Å². The summed E-state index contributed by atoms with van der Waals surface area (Å²) in [7, 11) is 0. The number of hydrogen-bond donors (Lipinski definition) is 1. The first-order valence-electron chi connectivity index (χ1n) is 6.48. The maximum atomic E-state index is 13.1. The van der Waals surface area contributed by atoms with Gasteiger partial charge in [0.05, 0.1) is 0 Å². The molecular weight excluding hydrogens is 244 g/mol. The molecule has 0 amide bonds. The van der Waals surface area contributed by atoms with Gasteiger partial charge in [-0.05, 0) is 41.7 Å². The van der Waals surface area contributed by atoms with Gasteiger partial charge in [0.15, 0.2) is 0 Å². The zero-order valence-electron chi connectivity index (χ0n) is 10.5. The van der Waals surface area contributed by atoms with Gasteiger partial charge in [-0.25, -0.2) is 8.78 Å². The summed E-state index contributed by atoms with van der Waals surface area (Å²) >= 11 is 0. The second-order valence-corrected chi connectivity index (χ2v) is 4.95. The van der Waals surface area contributed by atoms with E-state index in [1.807, 2.05) is 12.1 Å². The van der Waals surface area contributed by atoms with Crippen LogP contribution in [0, 0.1) is 11.6 Å². The summed E-state index contributed by atoms with van der Waals surface area (Å²) in [5.41, 5.74) is 3.31. The smallest absolute Gasteiger partial charge is 0.126 e. The quantitative estimate of drug-likeness (QED) is 0.885. The van der Waals surface area contributed by atoms with Gasteiger partial charge in [-0.15, -0.1) is 0 Å². The zero-order chi connectivity index (χ0) is 13.2. The number of rotatable bonds is 3. The number of benzene rings is 2. The van der Waals surface area contributed by atoms with Gasteiger partial charge in [-0.3, -0.25) is 0 Å².